The van der Waals surface area contributed by atoms with Crippen LogP contribution in [0.1, 0.15) is 71.6 Å². The number of aliphatic hydroxyl groups excluding tert-OH is 8. The molecular weight excluding hydrogens is 592 g/mol. The highest BCUT2D eigenvalue weighted by Gasteiger charge is 2.69. The van der Waals surface area contributed by atoms with Gasteiger partial charge in [0.15, 0.2) is 6.29 Å². The smallest absolute Gasteiger partial charge is 0.314 e. The molecule has 256 valence electrons. The van der Waals surface area contributed by atoms with Crippen molar-refractivity contribution in [1.29, 1.82) is 0 Å². The van der Waals surface area contributed by atoms with Crippen LogP contribution in [0.5, 0.6) is 0 Å². The number of hydrogen-bond acceptors (Lipinski definition) is 13. The van der Waals surface area contributed by atoms with Crippen LogP contribution in [0.4, 0.5) is 0 Å². The Morgan fingerprint density at radius 3 is 2.00 bits per heavy atom. The number of aliphatic hydroxyl groups is 8. The summed E-state index contributed by atoms with van der Waals surface area (Å²) in [5.74, 6) is -0.348. The highest BCUT2D eigenvalue weighted by atomic mass is 16.7. The summed E-state index contributed by atoms with van der Waals surface area (Å²) >= 11 is 0. The lowest BCUT2D eigenvalue weighted by Crippen LogP contribution is -2.63. The first-order valence-corrected chi connectivity index (χ1v) is 16.3. The Hall–Kier alpha value is -1.23. The molecular formula is C32H50O13. The van der Waals surface area contributed by atoms with Crippen LogP contribution in [0.2, 0.25) is 0 Å². The molecule has 0 amide bonds. The maximum Gasteiger partial charge on any atom is 0.314 e. The minimum atomic E-state index is -1.67. The molecule has 2 bridgehead atoms. The molecule has 13 heteroatoms. The van der Waals surface area contributed by atoms with Gasteiger partial charge in [-0.05, 0) is 86.5 Å². The summed E-state index contributed by atoms with van der Waals surface area (Å²) in [5, 5.41) is 81.4. The molecule has 0 unspecified atom stereocenters. The Labute approximate surface area is 262 Å². The first-order valence-electron chi connectivity index (χ1n) is 16.3. The maximum absolute atomic E-state index is 13.9. The summed E-state index contributed by atoms with van der Waals surface area (Å²) in [7, 11) is 0. The van der Waals surface area contributed by atoms with Crippen molar-refractivity contribution in [3.05, 3.63) is 12.2 Å². The molecule has 0 aromatic rings. The summed E-state index contributed by atoms with van der Waals surface area (Å²) in [6.45, 7) is 7.41. The monoisotopic (exact) mass is 642 g/mol. The number of fused-ring (bicyclic) bond motifs is 3. The second-order valence-corrected chi connectivity index (χ2v) is 15.2. The van der Waals surface area contributed by atoms with Crippen LogP contribution in [0, 0.1) is 28.1 Å². The predicted molar refractivity (Wildman–Crippen MR) is 154 cm³/mol. The van der Waals surface area contributed by atoms with Crippen molar-refractivity contribution in [3.8, 4) is 0 Å². The van der Waals surface area contributed by atoms with Crippen LogP contribution in [0.3, 0.4) is 0 Å². The van der Waals surface area contributed by atoms with Gasteiger partial charge in [-0.2, -0.15) is 0 Å². The highest BCUT2D eigenvalue weighted by Crippen LogP contribution is 2.73. The van der Waals surface area contributed by atoms with Gasteiger partial charge in [-0.1, -0.05) is 19.9 Å². The fourth-order valence-electron chi connectivity index (χ4n) is 10.5. The van der Waals surface area contributed by atoms with E-state index in [1.807, 2.05) is 6.92 Å². The minimum absolute atomic E-state index is 0.0421. The van der Waals surface area contributed by atoms with Crippen molar-refractivity contribution in [2.45, 2.75) is 139 Å². The molecule has 6 fully saturated rings. The summed E-state index contributed by atoms with van der Waals surface area (Å²) in [6, 6.07) is 0. The van der Waals surface area contributed by atoms with Crippen molar-refractivity contribution < 1.29 is 64.6 Å². The topological polar surface area (TPSA) is 216 Å². The van der Waals surface area contributed by atoms with Gasteiger partial charge >= 0.3 is 5.97 Å². The van der Waals surface area contributed by atoms with E-state index in [0.717, 1.165) is 37.7 Å². The zero-order valence-corrected chi connectivity index (χ0v) is 26.0. The van der Waals surface area contributed by atoms with E-state index < -0.39 is 91.6 Å². The molecule has 0 aromatic heterocycles. The number of ether oxygens (including phenoxy) is 4. The third-order valence-electron chi connectivity index (χ3n) is 12.9. The molecule has 0 radical (unpaired) electrons. The van der Waals surface area contributed by atoms with Gasteiger partial charge in [0.2, 0.25) is 6.29 Å². The summed E-state index contributed by atoms with van der Waals surface area (Å²) in [4.78, 5) is 13.9. The Morgan fingerprint density at radius 2 is 1.38 bits per heavy atom. The molecule has 8 N–H and O–H groups in total. The van der Waals surface area contributed by atoms with Gasteiger partial charge in [-0.3, -0.25) is 4.79 Å². The van der Waals surface area contributed by atoms with E-state index in [4.69, 9.17) is 18.9 Å². The van der Waals surface area contributed by atoms with Crippen molar-refractivity contribution in [2.75, 3.05) is 13.2 Å². The zero-order chi connectivity index (χ0) is 32.7. The fraction of sp³-hybridized carbons (Fsp3) is 0.906. The van der Waals surface area contributed by atoms with Gasteiger partial charge in [0, 0.05) is 0 Å². The van der Waals surface area contributed by atoms with Crippen LogP contribution in [0.25, 0.3) is 0 Å². The molecule has 1 spiro atoms. The lowest BCUT2D eigenvalue weighted by molar-refractivity contribution is -0.327. The molecule has 4 saturated carbocycles. The molecule has 45 heavy (non-hydrogen) atoms. The number of esters is 1. The van der Waals surface area contributed by atoms with Crippen LogP contribution in [-0.2, 0) is 23.7 Å². The fourth-order valence-corrected chi connectivity index (χ4v) is 10.5. The normalized spacial score (nSPS) is 54.7. The van der Waals surface area contributed by atoms with Crippen molar-refractivity contribution in [1.82, 2.24) is 0 Å². The Balaban J connectivity index is 1.20. The van der Waals surface area contributed by atoms with Gasteiger partial charge in [0.25, 0.3) is 0 Å². The second kappa shape index (κ2) is 11.7. The third-order valence-corrected chi connectivity index (χ3v) is 12.9. The molecule has 13 nitrogen and oxygen atoms in total. The standard InChI is InChI=1S/C32H50O13/c1-15-11-31-9-5-18-29(2,7-4-8-30(18,3)28(41)44-26-24(39)22(37)20(35)16(12-33)42-26)19(31)6-10-32(15,14-31)45-27-25(40)23(38)21(36)17(13-34)43-27/h16-27,33-40H,1,4-14H2,2-3H3/t16-,17-,18+,19+,20-,21-,22+,23+,24-,25-,26+,27+,29-,30+,31-,32+/m1/s1. The maximum atomic E-state index is 13.9. The van der Waals surface area contributed by atoms with Crippen molar-refractivity contribution in [3.63, 3.8) is 0 Å². The van der Waals surface area contributed by atoms with E-state index in [1.165, 1.54) is 0 Å². The molecule has 0 aromatic carbocycles. The van der Waals surface area contributed by atoms with Gasteiger partial charge < -0.3 is 59.8 Å². The van der Waals surface area contributed by atoms with Crippen LogP contribution in [0.15, 0.2) is 12.2 Å². The first-order chi connectivity index (χ1) is 21.2. The Morgan fingerprint density at radius 1 is 0.800 bits per heavy atom. The molecule has 4 aliphatic carbocycles. The molecule has 6 aliphatic rings. The number of carbonyl (C=O) groups is 1. The molecule has 2 saturated heterocycles. The first kappa shape index (κ1) is 33.7. The lowest BCUT2D eigenvalue weighted by atomic mass is 9.41. The Kier molecular flexibility index (Phi) is 8.77. The highest BCUT2D eigenvalue weighted by molar-refractivity contribution is 5.77. The van der Waals surface area contributed by atoms with Gasteiger partial charge in [-0.25, -0.2) is 0 Å². The van der Waals surface area contributed by atoms with Gasteiger partial charge in [0.05, 0.1) is 24.2 Å². The minimum Gasteiger partial charge on any atom is -0.432 e. The number of carbonyl (C=O) groups excluding carboxylic acids is 1. The largest absolute Gasteiger partial charge is 0.432 e. The van der Waals surface area contributed by atoms with Gasteiger partial charge in [-0.15, -0.1) is 0 Å². The zero-order valence-electron chi connectivity index (χ0n) is 26.0. The molecule has 2 heterocycles. The second-order valence-electron chi connectivity index (χ2n) is 15.2. The van der Waals surface area contributed by atoms with Crippen LogP contribution < -0.4 is 0 Å². The Bertz CT molecular complexity index is 1150. The predicted octanol–water partition coefficient (Wildman–Crippen LogP) is -0.762. The van der Waals surface area contributed by atoms with Crippen molar-refractivity contribution >= 4 is 5.97 Å². The van der Waals surface area contributed by atoms with Crippen molar-refractivity contribution in [2.24, 2.45) is 28.1 Å². The van der Waals surface area contributed by atoms with E-state index in [9.17, 15) is 45.6 Å². The molecule has 16 atom stereocenters. The summed E-state index contributed by atoms with van der Waals surface area (Å²) in [5.41, 5.74) is -1.20. The summed E-state index contributed by atoms with van der Waals surface area (Å²) in [6.07, 6.45) is -7.82. The quantitative estimate of drug-likeness (QED) is 0.102. The van der Waals surface area contributed by atoms with E-state index in [0.29, 0.717) is 25.7 Å². The number of hydrogen-bond donors (Lipinski definition) is 8. The van der Waals surface area contributed by atoms with Crippen LogP contribution >= 0.6 is 0 Å². The van der Waals surface area contributed by atoms with E-state index in [1.54, 1.807) is 0 Å². The molecule has 6 rings (SSSR count). The third kappa shape index (κ3) is 5.04. The lowest BCUT2D eigenvalue weighted by Gasteiger charge is -2.64. The number of rotatable bonds is 6. The molecule has 2 aliphatic heterocycles. The average Bonchev–Trinajstić information content (AvgIpc) is 3.20. The van der Waals surface area contributed by atoms with E-state index in [-0.39, 0.29) is 22.7 Å². The van der Waals surface area contributed by atoms with Gasteiger partial charge in [0.1, 0.15) is 48.8 Å². The SMILES string of the molecule is C=C1C[C@@]23CC[C@H]4[C@@](C)(CCC[C@]4(C)C(=O)O[C@@H]4O[C@H](CO)[C@@H](O)[C@H](O)[C@H]4O)[C@@H]2CC[C@]1(O[C@@H]1O[C@H](CO)[C@@H](O)[C@H](O)[C@H]1O)C3. The summed E-state index contributed by atoms with van der Waals surface area (Å²) < 4.78 is 23.4. The average molecular weight is 643 g/mol. The van der Waals surface area contributed by atoms with Crippen LogP contribution in [-0.4, -0.2) is 127 Å². The van der Waals surface area contributed by atoms with E-state index in [2.05, 4.69) is 13.5 Å². The van der Waals surface area contributed by atoms with E-state index >= 15 is 0 Å².